The Morgan fingerprint density at radius 3 is 2.62 bits per heavy atom. The van der Waals surface area contributed by atoms with Gasteiger partial charge in [0.05, 0.1) is 26.3 Å². The zero-order chi connectivity index (χ0) is 12.0. The molecule has 1 N–H and O–H groups in total. The normalized spacial score (nSPS) is 9.25. The lowest BCUT2D eigenvalue weighted by Gasteiger charge is -2.09. The summed E-state index contributed by atoms with van der Waals surface area (Å²) in [4.78, 5) is 0. The highest BCUT2D eigenvalue weighted by Crippen LogP contribution is 2.36. The summed E-state index contributed by atoms with van der Waals surface area (Å²) < 4.78 is 10.3. The van der Waals surface area contributed by atoms with E-state index in [1.165, 1.54) is 0 Å². The first-order valence-electron chi connectivity index (χ1n) is 4.78. The van der Waals surface area contributed by atoms with E-state index in [4.69, 9.17) is 21.1 Å². The lowest BCUT2D eigenvalue weighted by Crippen LogP contribution is -2.04. The molecule has 0 unspecified atom stereocenters. The second kappa shape index (κ2) is 6.26. The second-order valence-corrected chi connectivity index (χ2v) is 3.37. The van der Waals surface area contributed by atoms with E-state index in [-0.39, 0.29) is 0 Å². The van der Waals surface area contributed by atoms with Crippen LogP contribution in [0, 0.1) is 11.8 Å². The lowest BCUT2D eigenvalue weighted by atomic mass is 10.2. The molecule has 0 heterocycles. The summed E-state index contributed by atoms with van der Waals surface area (Å²) in [7, 11) is 4.96. The van der Waals surface area contributed by atoms with Crippen molar-refractivity contribution in [2.75, 3.05) is 27.8 Å². The number of halogens is 1. The molecule has 3 nitrogen and oxygen atoms in total. The quantitative estimate of drug-likeness (QED) is 0.818. The molecule has 0 atom stereocenters. The molecule has 1 aromatic carbocycles. The van der Waals surface area contributed by atoms with E-state index in [9.17, 15) is 0 Å². The first-order valence-corrected chi connectivity index (χ1v) is 5.16. The van der Waals surface area contributed by atoms with Gasteiger partial charge in [-0.2, -0.15) is 0 Å². The average Bonchev–Trinajstić information content (AvgIpc) is 2.30. The van der Waals surface area contributed by atoms with Crippen LogP contribution in [0.3, 0.4) is 0 Å². The maximum absolute atomic E-state index is 6.09. The zero-order valence-electron chi connectivity index (χ0n) is 9.56. The largest absolute Gasteiger partial charge is 0.495 e. The van der Waals surface area contributed by atoms with E-state index < -0.39 is 0 Å². The Balaban J connectivity index is 3.12. The number of hydrogen-bond donors (Lipinski definition) is 1. The predicted octanol–water partition coefficient (Wildman–Crippen LogP) is 1.93. The van der Waals surface area contributed by atoms with Crippen molar-refractivity contribution in [1.29, 1.82) is 0 Å². The van der Waals surface area contributed by atoms with Crippen LogP contribution in [0.4, 0.5) is 0 Å². The summed E-state index contributed by atoms with van der Waals surface area (Å²) in [5, 5.41) is 3.39. The topological polar surface area (TPSA) is 30.5 Å². The molecule has 0 amide bonds. The van der Waals surface area contributed by atoms with E-state index in [1.54, 1.807) is 20.3 Å². The summed E-state index contributed by atoms with van der Waals surface area (Å²) in [5.41, 5.74) is 0.753. The fourth-order valence-electron chi connectivity index (χ4n) is 1.22. The Morgan fingerprint density at radius 2 is 2.06 bits per heavy atom. The first kappa shape index (κ1) is 12.7. The van der Waals surface area contributed by atoms with Crippen LogP contribution in [-0.2, 0) is 0 Å². The van der Waals surface area contributed by atoms with Crippen molar-refractivity contribution in [1.82, 2.24) is 5.32 Å². The van der Waals surface area contributed by atoms with Crippen LogP contribution in [0.1, 0.15) is 5.56 Å². The standard InChI is InChI=1S/C12H14ClNO2/c1-14-8-4-5-9-6-7-10(15-2)11(13)12(9)16-3/h6-7,14H,8H2,1-3H3. The van der Waals surface area contributed by atoms with Gasteiger partial charge in [0, 0.05) is 0 Å². The number of benzene rings is 1. The van der Waals surface area contributed by atoms with Gasteiger partial charge in [-0.3, -0.25) is 0 Å². The minimum Gasteiger partial charge on any atom is -0.495 e. The van der Waals surface area contributed by atoms with Crippen molar-refractivity contribution >= 4 is 11.6 Å². The zero-order valence-corrected chi connectivity index (χ0v) is 10.3. The number of hydrogen-bond acceptors (Lipinski definition) is 3. The first-order chi connectivity index (χ1) is 7.74. The van der Waals surface area contributed by atoms with Crippen LogP contribution in [0.25, 0.3) is 0 Å². The molecule has 86 valence electrons. The molecule has 0 saturated heterocycles. The van der Waals surface area contributed by atoms with Crippen molar-refractivity contribution < 1.29 is 9.47 Å². The fraction of sp³-hybridized carbons (Fsp3) is 0.333. The number of methoxy groups -OCH3 is 2. The molecule has 1 aromatic rings. The van der Waals surface area contributed by atoms with Gasteiger partial charge < -0.3 is 14.8 Å². The second-order valence-electron chi connectivity index (χ2n) is 2.99. The average molecular weight is 240 g/mol. The van der Waals surface area contributed by atoms with Crippen LogP contribution in [-0.4, -0.2) is 27.8 Å². The third kappa shape index (κ3) is 2.82. The van der Waals surface area contributed by atoms with Crippen molar-refractivity contribution in [3.8, 4) is 23.3 Å². The van der Waals surface area contributed by atoms with Gasteiger partial charge in [0.1, 0.15) is 10.8 Å². The van der Waals surface area contributed by atoms with Crippen molar-refractivity contribution in [2.24, 2.45) is 0 Å². The van der Waals surface area contributed by atoms with Gasteiger partial charge in [0.2, 0.25) is 0 Å². The van der Waals surface area contributed by atoms with Crippen molar-refractivity contribution in [2.45, 2.75) is 0 Å². The molecule has 0 aliphatic heterocycles. The van der Waals surface area contributed by atoms with Gasteiger partial charge in [-0.05, 0) is 19.2 Å². The van der Waals surface area contributed by atoms with E-state index in [0.717, 1.165) is 5.56 Å². The number of ether oxygens (including phenoxy) is 2. The molecule has 0 aliphatic carbocycles. The third-order valence-electron chi connectivity index (χ3n) is 1.97. The fourth-order valence-corrected chi connectivity index (χ4v) is 1.54. The smallest absolute Gasteiger partial charge is 0.156 e. The van der Waals surface area contributed by atoms with Crippen LogP contribution in [0.15, 0.2) is 12.1 Å². The van der Waals surface area contributed by atoms with Gasteiger partial charge in [0.25, 0.3) is 0 Å². The van der Waals surface area contributed by atoms with Crippen LogP contribution in [0.5, 0.6) is 11.5 Å². The lowest BCUT2D eigenvalue weighted by molar-refractivity contribution is 0.394. The maximum Gasteiger partial charge on any atom is 0.156 e. The van der Waals surface area contributed by atoms with Crippen molar-refractivity contribution in [3.63, 3.8) is 0 Å². The summed E-state index contributed by atoms with van der Waals surface area (Å²) in [6.45, 7) is 0.618. The molecule has 1 rings (SSSR count). The highest BCUT2D eigenvalue weighted by molar-refractivity contribution is 6.33. The predicted molar refractivity (Wildman–Crippen MR) is 65.4 cm³/mol. The van der Waals surface area contributed by atoms with E-state index in [0.29, 0.717) is 23.1 Å². The molecule has 0 fully saturated rings. The maximum atomic E-state index is 6.09. The molecule has 0 aromatic heterocycles. The number of nitrogens with one attached hydrogen (secondary N) is 1. The Bertz CT molecular complexity index is 421. The van der Waals surface area contributed by atoms with Gasteiger partial charge in [-0.25, -0.2) is 0 Å². The molecule has 0 saturated carbocycles. The highest BCUT2D eigenvalue weighted by atomic mass is 35.5. The van der Waals surface area contributed by atoms with Gasteiger partial charge >= 0.3 is 0 Å². The summed E-state index contributed by atoms with van der Waals surface area (Å²) in [6.07, 6.45) is 0. The van der Waals surface area contributed by atoms with Crippen molar-refractivity contribution in [3.05, 3.63) is 22.7 Å². The Morgan fingerprint density at radius 1 is 1.31 bits per heavy atom. The molecule has 0 radical (unpaired) electrons. The number of rotatable bonds is 3. The minimum atomic E-state index is 0.446. The summed E-state index contributed by atoms with van der Waals surface area (Å²) >= 11 is 6.09. The Labute approximate surface area is 101 Å². The Hall–Kier alpha value is -1.37. The van der Waals surface area contributed by atoms with Crippen LogP contribution >= 0.6 is 11.6 Å². The molecular formula is C12H14ClNO2. The molecule has 16 heavy (non-hydrogen) atoms. The van der Waals surface area contributed by atoms with Gasteiger partial charge in [0.15, 0.2) is 5.75 Å². The third-order valence-corrected chi connectivity index (χ3v) is 2.33. The van der Waals surface area contributed by atoms with Gasteiger partial charge in [-0.1, -0.05) is 23.4 Å². The van der Waals surface area contributed by atoms with E-state index in [1.807, 2.05) is 13.1 Å². The molecule has 4 heteroatoms. The molecule has 0 bridgehead atoms. The van der Waals surface area contributed by atoms with Crippen LogP contribution in [0.2, 0.25) is 5.02 Å². The van der Waals surface area contributed by atoms with Crippen LogP contribution < -0.4 is 14.8 Å². The summed E-state index contributed by atoms with van der Waals surface area (Å²) in [5.74, 6) is 7.06. The Kier molecular flexibility index (Phi) is 4.97. The molecule has 0 spiro atoms. The van der Waals surface area contributed by atoms with Gasteiger partial charge in [-0.15, -0.1) is 0 Å². The monoisotopic (exact) mass is 239 g/mol. The highest BCUT2D eigenvalue weighted by Gasteiger charge is 2.11. The van der Waals surface area contributed by atoms with E-state index in [2.05, 4.69) is 17.2 Å². The van der Waals surface area contributed by atoms with E-state index >= 15 is 0 Å². The minimum absolute atomic E-state index is 0.446. The molecular weight excluding hydrogens is 226 g/mol. The molecule has 0 aliphatic rings. The summed E-state index contributed by atoms with van der Waals surface area (Å²) in [6, 6.07) is 3.60. The SMILES string of the molecule is CNCC#Cc1ccc(OC)c(Cl)c1OC.